The summed E-state index contributed by atoms with van der Waals surface area (Å²) in [6, 6.07) is 5.89. The van der Waals surface area contributed by atoms with E-state index in [9.17, 15) is 4.79 Å². The first-order valence-electron chi connectivity index (χ1n) is 6.90. The fraction of sp³-hybridized carbons (Fsp3) is 0.533. The average molecular weight is 278 g/mol. The maximum Gasteiger partial charge on any atom is 0.238 e. The highest BCUT2D eigenvalue weighted by atomic mass is 16.5. The number of rotatable bonds is 4. The van der Waals surface area contributed by atoms with Crippen LogP contribution in [0.3, 0.4) is 0 Å². The van der Waals surface area contributed by atoms with Gasteiger partial charge in [0.25, 0.3) is 0 Å². The van der Waals surface area contributed by atoms with Crippen molar-refractivity contribution in [2.45, 2.75) is 20.0 Å². The second-order valence-electron chi connectivity index (χ2n) is 5.26. The minimum atomic E-state index is -0.182. The van der Waals surface area contributed by atoms with Gasteiger partial charge in [-0.05, 0) is 37.1 Å². The second-order valence-corrected chi connectivity index (χ2v) is 5.26. The number of morpholine rings is 1. The molecule has 1 unspecified atom stereocenters. The normalized spacial score (nSPS) is 19.9. The van der Waals surface area contributed by atoms with Crippen LogP contribution < -0.4 is 5.32 Å². The lowest BCUT2D eigenvalue weighted by atomic mass is 10.1. The van der Waals surface area contributed by atoms with E-state index >= 15 is 0 Å². The van der Waals surface area contributed by atoms with Crippen LogP contribution >= 0.6 is 0 Å². The van der Waals surface area contributed by atoms with Gasteiger partial charge in [-0.25, -0.2) is 0 Å². The Hall–Kier alpha value is -1.43. The summed E-state index contributed by atoms with van der Waals surface area (Å²) < 4.78 is 5.36. The summed E-state index contributed by atoms with van der Waals surface area (Å²) in [7, 11) is 0. The number of anilines is 1. The molecule has 1 fully saturated rings. The van der Waals surface area contributed by atoms with E-state index in [4.69, 9.17) is 9.84 Å². The molecule has 0 radical (unpaired) electrons. The fourth-order valence-electron chi connectivity index (χ4n) is 2.26. The molecule has 2 rings (SSSR count). The molecule has 1 heterocycles. The third kappa shape index (κ3) is 4.03. The zero-order valence-electron chi connectivity index (χ0n) is 12.1. The first-order valence-corrected chi connectivity index (χ1v) is 6.90. The fourth-order valence-corrected chi connectivity index (χ4v) is 2.26. The number of hydrogen-bond donors (Lipinski definition) is 2. The van der Waals surface area contributed by atoms with Crippen molar-refractivity contribution < 1.29 is 14.6 Å². The molecule has 1 aliphatic rings. The molecular weight excluding hydrogens is 256 g/mol. The number of ether oxygens (including phenoxy) is 1. The molecule has 20 heavy (non-hydrogen) atoms. The van der Waals surface area contributed by atoms with Gasteiger partial charge in [-0.1, -0.05) is 6.07 Å². The van der Waals surface area contributed by atoms with E-state index in [1.54, 1.807) is 0 Å². The molecule has 1 amide bonds. The van der Waals surface area contributed by atoms with Crippen LogP contribution in [0.1, 0.15) is 11.1 Å². The molecule has 1 atom stereocenters. The quantitative estimate of drug-likeness (QED) is 0.860. The Bertz CT molecular complexity index is 476. The monoisotopic (exact) mass is 278 g/mol. The SMILES string of the molecule is Cc1ccc(NC(=O)CN2CCOC(CO)C2)cc1C. The van der Waals surface area contributed by atoms with Crippen LogP contribution in [0, 0.1) is 13.8 Å². The van der Waals surface area contributed by atoms with E-state index in [0.717, 1.165) is 17.8 Å². The Morgan fingerprint density at radius 2 is 2.25 bits per heavy atom. The van der Waals surface area contributed by atoms with Gasteiger partial charge in [0, 0.05) is 18.8 Å². The van der Waals surface area contributed by atoms with Crippen LogP contribution in [0.5, 0.6) is 0 Å². The molecule has 0 aliphatic carbocycles. The van der Waals surface area contributed by atoms with Gasteiger partial charge in [-0.15, -0.1) is 0 Å². The largest absolute Gasteiger partial charge is 0.394 e. The summed E-state index contributed by atoms with van der Waals surface area (Å²) >= 11 is 0. The highest BCUT2D eigenvalue weighted by Gasteiger charge is 2.21. The van der Waals surface area contributed by atoms with Gasteiger partial charge in [0.15, 0.2) is 0 Å². The highest BCUT2D eigenvalue weighted by molar-refractivity contribution is 5.92. The standard InChI is InChI=1S/C15H22N2O3/c1-11-3-4-13(7-12(11)2)16-15(19)9-17-5-6-20-14(8-17)10-18/h3-4,7,14,18H,5-6,8-10H2,1-2H3,(H,16,19). The molecule has 2 N–H and O–H groups in total. The predicted octanol–water partition coefficient (Wildman–Crippen LogP) is 0.935. The lowest BCUT2D eigenvalue weighted by molar-refractivity contribution is -0.120. The number of benzene rings is 1. The van der Waals surface area contributed by atoms with Crippen LogP contribution in [0.15, 0.2) is 18.2 Å². The summed E-state index contributed by atoms with van der Waals surface area (Å²) in [5.41, 5.74) is 3.20. The van der Waals surface area contributed by atoms with Gasteiger partial charge in [-0.3, -0.25) is 9.69 Å². The number of aliphatic hydroxyl groups excluding tert-OH is 1. The van der Waals surface area contributed by atoms with Crippen LogP contribution in [0.25, 0.3) is 0 Å². The van der Waals surface area contributed by atoms with Gasteiger partial charge in [-0.2, -0.15) is 0 Å². The summed E-state index contributed by atoms with van der Waals surface area (Å²) in [6.45, 7) is 6.26. The van der Waals surface area contributed by atoms with Crippen molar-refractivity contribution in [1.29, 1.82) is 0 Å². The van der Waals surface area contributed by atoms with E-state index in [1.165, 1.54) is 5.56 Å². The number of aryl methyl sites for hydroxylation is 2. The highest BCUT2D eigenvalue weighted by Crippen LogP contribution is 2.14. The first-order chi connectivity index (χ1) is 9.58. The molecule has 0 spiro atoms. The summed E-state index contributed by atoms with van der Waals surface area (Å²) in [5, 5.41) is 12.0. The predicted molar refractivity (Wildman–Crippen MR) is 77.8 cm³/mol. The Kier molecular flexibility index (Phi) is 5.11. The van der Waals surface area contributed by atoms with E-state index in [2.05, 4.69) is 5.32 Å². The van der Waals surface area contributed by atoms with Crippen LogP contribution in [0.2, 0.25) is 0 Å². The second kappa shape index (κ2) is 6.83. The lowest BCUT2D eigenvalue weighted by Crippen LogP contribution is -2.46. The van der Waals surface area contributed by atoms with Crippen molar-refractivity contribution in [2.24, 2.45) is 0 Å². The molecule has 0 aromatic heterocycles. The topological polar surface area (TPSA) is 61.8 Å². The van der Waals surface area contributed by atoms with Crippen LogP contribution in [0.4, 0.5) is 5.69 Å². The summed E-state index contributed by atoms with van der Waals surface area (Å²) in [6.07, 6.45) is -0.182. The van der Waals surface area contributed by atoms with Crippen molar-refractivity contribution in [2.75, 3.05) is 38.2 Å². The van der Waals surface area contributed by atoms with Crippen molar-refractivity contribution in [3.63, 3.8) is 0 Å². The number of amides is 1. The van der Waals surface area contributed by atoms with E-state index in [-0.39, 0.29) is 18.6 Å². The van der Waals surface area contributed by atoms with E-state index in [0.29, 0.717) is 19.7 Å². The summed E-state index contributed by atoms with van der Waals surface area (Å²) in [5.74, 6) is -0.0353. The Morgan fingerprint density at radius 1 is 1.45 bits per heavy atom. The zero-order valence-corrected chi connectivity index (χ0v) is 12.1. The first kappa shape index (κ1) is 15.0. The maximum atomic E-state index is 12.0. The number of carbonyl (C=O) groups is 1. The van der Waals surface area contributed by atoms with Crippen molar-refractivity contribution >= 4 is 11.6 Å². The van der Waals surface area contributed by atoms with Gasteiger partial charge in [0.1, 0.15) is 0 Å². The van der Waals surface area contributed by atoms with E-state index in [1.807, 2.05) is 36.9 Å². The third-order valence-electron chi connectivity index (χ3n) is 3.58. The zero-order chi connectivity index (χ0) is 14.5. The molecule has 0 bridgehead atoms. The van der Waals surface area contributed by atoms with Crippen LogP contribution in [-0.4, -0.2) is 54.9 Å². The molecule has 1 aromatic rings. The van der Waals surface area contributed by atoms with Crippen LogP contribution in [-0.2, 0) is 9.53 Å². The Morgan fingerprint density at radius 3 is 2.95 bits per heavy atom. The molecular formula is C15H22N2O3. The smallest absolute Gasteiger partial charge is 0.238 e. The number of nitrogens with one attached hydrogen (secondary N) is 1. The van der Waals surface area contributed by atoms with Crippen molar-refractivity contribution in [1.82, 2.24) is 4.90 Å². The Balaban J connectivity index is 1.87. The van der Waals surface area contributed by atoms with Gasteiger partial charge < -0.3 is 15.2 Å². The third-order valence-corrected chi connectivity index (χ3v) is 3.58. The number of carbonyl (C=O) groups excluding carboxylic acids is 1. The van der Waals surface area contributed by atoms with E-state index < -0.39 is 0 Å². The number of nitrogens with zero attached hydrogens (tertiary/aromatic N) is 1. The molecule has 0 saturated carbocycles. The van der Waals surface area contributed by atoms with Crippen molar-refractivity contribution in [3.05, 3.63) is 29.3 Å². The molecule has 1 aliphatic heterocycles. The number of hydrogen-bond acceptors (Lipinski definition) is 4. The average Bonchev–Trinajstić information content (AvgIpc) is 2.43. The van der Waals surface area contributed by atoms with Gasteiger partial charge >= 0.3 is 0 Å². The molecule has 110 valence electrons. The van der Waals surface area contributed by atoms with Gasteiger partial charge in [0.2, 0.25) is 5.91 Å². The lowest BCUT2D eigenvalue weighted by Gasteiger charge is -2.31. The minimum Gasteiger partial charge on any atom is -0.394 e. The van der Waals surface area contributed by atoms with Gasteiger partial charge in [0.05, 0.1) is 25.9 Å². The molecule has 5 nitrogen and oxygen atoms in total. The molecule has 1 aromatic carbocycles. The molecule has 1 saturated heterocycles. The molecule has 5 heteroatoms. The maximum absolute atomic E-state index is 12.0. The summed E-state index contributed by atoms with van der Waals surface area (Å²) in [4.78, 5) is 14.0. The minimum absolute atomic E-state index is 0.00469. The Labute approximate surface area is 119 Å². The number of aliphatic hydroxyl groups is 1. The van der Waals surface area contributed by atoms with Crippen molar-refractivity contribution in [3.8, 4) is 0 Å².